The molecule has 0 fully saturated rings. The summed E-state index contributed by atoms with van der Waals surface area (Å²) in [5.74, 6) is 1.47. The summed E-state index contributed by atoms with van der Waals surface area (Å²) in [6, 6.07) is 6.19. The fourth-order valence-electron chi connectivity index (χ4n) is 2.62. The smallest absolute Gasteiger partial charge is 0.255 e. The first-order chi connectivity index (χ1) is 12.9. The van der Waals surface area contributed by atoms with E-state index in [0.29, 0.717) is 28.7 Å². The molecule has 0 aliphatic carbocycles. The number of nitrogens with two attached hydrogens (primary N) is 1. The van der Waals surface area contributed by atoms with E-state index in [1.165, 1.54) is 40.6 Å². The molecule has 0 saturated heterocycles. The van der Waals surface area contributed by atoms with Crippen LogP contribution in [-0.4, -0.2) is 34.3 Å². The van der Waals surface area contributed by atoms with Crippen molar-refractivity contribution >= 4 is 23.2 Å². The first-order valence-electron chi connectivity index (χ1n) is 8.10. The minimum atomic E-state index is -0.354. The largest absolute Gasteiger partial charge is 0.496 e. The number of anilines is 1. The molecule has 0 aliphatic rings. The van der Waals surface area contributed by atoms with Crippen molar-refractivity contribution in [2.75, 3.05) is 34.2 Å². The van der Waals surface area contributed by atoms with Gasteiger partial charge >= 0.3 is 0 Å². The summed E-state index contributed by atoms with van der Waals surface area (Å²) >= 11 is 6.05. The van der Waals surface area contributed by atoms with Crippen molar-refractivity contribution < 1.29 is 23.7 Å². The van der Waals surface area contributed by atoms with E-state index >= 15 is 0 Å². The Labute approximate surface area is 163 Å². The highest BCUT2D eigenvalue weighted by molar-refractivity contribution is 6.33. The number of carbonyl (C=O) groups excluding carboxylic acids is 1. The highest BCUT2D eigenvalue weighted by Gasteiger charge is 2.20. The Morgan fingerprint density at radius 2 is 1.52 bits per heavy atom. The van der Waals surface area contributed by atoms with Gasteiger partial charge in [0.1, 0.15) is 5.75 Å². The standard InChI is InChI=1S/C19H23ClN2O5/c1-10(11-6-16(25-3)18(27-5)17(7-11)26-4)22-19(23)12-8-13(20)14(21)9-15(12)24-2/h6-10H,21H2,1-5H3,(H,22,23). The molecule has 2 rings (SSSR count). The van der Waals surface area contributed by atoms with Gasteiger partial charge in [0.2, 0.25) is 5.75 Å². The normalized spacial score (nSPS) is 11.5. The van der Waals surface area contributed by atoms with E-state index in [4.69, 9.17) is 36.3 Å². The summed E-state index contributed by atoms with van der Waals surface area (Å²) in [4.78, 5) is 12.7. The van der Waals surface area contributed by atoms with Crippen LogP contribution in [0.25, 0.3) is 0 Å². The molecule has 0 heterocycles. The van der Waals surface area contributed by atoms with Gasteiger partial charge in [0.15, 0.2) is 11.5 Å². The molecule has 7 nitrogen and oxygen atoms in total. The van der Waals surface area contributed by atoms with Crippen LogP contribution in [0, 0.1) is 0 Å². The van der Waals surface area contributed by atoms with Crippen LogP contribution in [0.3, 0.4) is 0 Å². The van der Waals surface area contributed by atoms with Crippen molar-refractivity contribution in [2.24, 2.45) is 0 Å². The number of carbonyl (C=O) groups is 1. The van der Waals surface area contributed by atoms with Gasteiger partial charge in [0.05, 0.1) is 50.8 Å². The first kappa shape index (κ1) is 20.5. The van der Waals surface area contributed by atoms with Crippen LogP contribution in [-0.2, 0) is 0 Å². The Hall–Kier alpha value is -2.80. The van der Waals surface area contributed by atoms with Gasteiger partial charge in [-0.15, -0.1) is 0 Å². The van der Waals surface area contributed by atoms with Gasteiger partial charge in [-0.2, -0.15) is 0 Å². The van der Waals surface area contributed by atoms with E-state index in [9.17, 15) is 4.79 Å². The van der Waals surface area contributed by atoms with Crippen LogP contribution in [0.2, 0.25) is 5.02 Å². The van der Waals surface area contributed by atoms with Crippen LogP contribution in [0.5, 0.6) is 23.0 Å². The zero-order chi connectivity index (χ0) is 20.1. The molecule has 2 aromatic carbocycles. The number of halogens is 1. The number of rotatable bonds is 7. The molecule has 0 aliphatic heterocycles. The molecule has 1 unspecified atom stereocenters. The van der Waals surface area contributed by atoms with Crippen LogP contribution < -0.4 is 30.0 Å². The van der Waals surface area contributed by atoms with Crippen molar-refractivity contribution in [3.8, 4) is 23.0 Å². The Balaban J connectivity index is 2.33. The van der Waals surface area contributed by atoms with Gasteiger partial charge in [-0.05, 0) is 30.7 Å². The fraction of sp³-hybridized carbons (Fsp3) is 0.316. The number of ether oxygens (including phenoxy) is 4. The Kier molecular flexibility index (Phi) is 6.63. The van der Waals surface area contributed by atoms with E-state index in [-0.39, 0.29) is 22.5 Å². The maximum Gasteiger partial charge on any atom is 0.255 e. The predicted octanol–water partition coefficient (Wildman–Crippen LogP) is 3.45. The van der Waals surface area contributed by atoms with E-state index in [0.717, 1.165) is 5.56 Å². The number of nitrogens with one attached hydrogen (secondary N) is 1. The second-order valence-electron chi connectivity index (χ2n) is 5.73. The Bertz CT molecular complexity index is 816. The third-order valence-electron chi connectivity index (χ3n) is 4.10. The molecule has 0 bridgehead atoms. The summed E-state index contributed by atoms with van der Waals surface area (Å²) in [5.41, 5.74) is 7.17. The number of nitrogen functional groups attached to an aromatic ring is 1. The molecular formula is C19H23ClN2O5. The molecule has 0 radical (unpaired) electrons. The van der Waals surface area contributed by atoms with E-state index in [1.807, 2.05) is 6.92 Å². The Morgan fingerprint density at radius 1 is 0.963 bits per heavy atom. The zero-order valence-electron chi connectivity index (χ0n) is 15.9. The SMILES string of the molecule is COc1cc(N)c(Cl)cc1C(=O)NC(C)c1cc(OC)c(OC)c(OC)c1. The number of benzene rings is 2. The second-order valence-corrected chi connectivity index (χ2v) is 6.14. The lowest BCUT2D eigenvalue weighted by Crippen LogP contribution is -2.27. The molecule has 1 amide bonds. The van der Waals surface area contributed by atoms with Gasteiger partial charge in [0.25, 0.3) is 5.91 Å². The molecule has 27 heavy (non-hydrogen) atoms. The topological polar surface area (TPSA) is 92.0 Å². The Morgan fingerprint density at radius 3 is 2.00 bits per heavy atom. The lowest BCUT2D eigenvalue weighted by atomic mass is 10.1. The average molecular weight is 395 g/mol. The molecule has 1 atom stereocenters. The average Bonchev–Trinajstić information content (AvgIpc) is 2.67. The van der Waals surface area contributed by atoms with E-state index < -0.39 is 0 Å². The third kappa shape index (κ3) is 4.31. The van der Waals surface area contributed by atoms with Crippen molar-refractivity contribution in [2.45, 2.75) is 13.0 Å². The summed E-state index contributed by atoms with van der Waals surface area (Å²) in [7, 11) is 6.06. The molecule has 3 N–H and O–H groups in total. The van der Waals surface area contributed by atoms with Crippen LogP contribution in [0.4, 0.5) is 5.69 Å². The van der Waals surface area contributed by atoms with Crippen molar-refractivity contribution in [1.29, 1.82) is 0 Å². The van der Waals surface area contributed by atoms with E-state index in [1.54, 1.807) is 12.1 Å². The van der Waals surface area contributed by atoms with Gasteiger partial charge < -0.3 is 30.0 Å². The maximum atomic E-state index is 12.7. The van der Waals surface area contributed by atoms with Gasteiger partial charge in [0, 0.05) is 6.07 Å². The second kappa shape index (κ2) is 8.73. The van der Waals surface area contributed by atoms with E-state index in [2.05, 4.69) is 5.32 Å². The zero-order valence-corrected chi connectivity index (χ0v) is 16.6. The number of hydrogen-bond acceptors (Lipinski definition) is 6. The lowest BCUT2D eigenvalue weighted by Gasteiger charge is -2.19. The number of hydrogen-bond donors (Lipinski definition) is 2. The summed E-state index contributed by atoms with van der Waals surface area (Å²) < 4.78 is 21.3. The number of methoxy groups -OCH3 is 4. The highest BCUT2D eigenvalue weighted by Crippen LogP contribution is 2.39. The molecular weight excluding hydrogens is 372 g/mol. The molecule has 146 valence electrons. The summed E-state index contributed by atoms with van der Waals surface area (Å²) in [5, 5.41) is 3.18. The van der Waals surface area contributed by atoms with Crippen molar-refractivity contribution in [3.63, 3.8) is 0 Å². The fourth-order valence-corrected chi connectivity index (χ4v) is 2.79. The third-order valence-corrected chi connectivity index (χ3v) is 4.43. The van der Waals surface area contributed by atoms with Crippen LogP contribution in [0.15, 0.2) is 24.3 Å². The van der Waals surface area contributed by atoms with Gasteiger partial charge in [-0.25, -0.2) is 0 Å². The molecule has 2 aromatic rings. The summed E-state index contributed by atoms with van der Waals surface area (Å²) in [6.45, 7) is 1.84. The van der Waals surface area contributed by atoms with Gasteiger partial charge in [-0.3, -0.25) is 4.79 Å². The highest BCUT2D eigenvalue weighted by atomic mass is 35.5. The molecule has 0 saturated carbocycles. The lowest BCUT2D eigenvalue weighted by molar-refractivity contribution is 0.0936. The molecule has 0 spiro atoms. The maximum absolute atomic E-state index is 12.7. The van der Waals surface area contributed by atoms with Crippen molar-refractivity contribution in [3.05, 3.63) is 40.4 Å². The van der Waals surface area contributed by atoms with Crippen LogP contribution >= 0.6 is 11.6 Å². The van der Waals surface area contributed by atoms with Crippen LogP contribution in [0.1, 0.15) is 28.9 Å². The molecule has 8 heteroatoms. The van der Waals surface area contributed by atoms with Gasteiger partial charge in [-0.1, -0.05) is 11.6 Å². The first-order valence-corrected chi connectivity index (χ1v) is 8.47. The number of amides is 1. The quantitative estimate of drug-likeness (QED) is 0.699. The summed E-state index contributed by atoms with van der Waals surface area (Å²) in [6.07, 6.45) is 0. The molecule has 0 aromatic heterocycles. The minimum absolute atomic E-state index is 0.279. The van der Waals surface area contributed by atoms with Crippen molar-refractivity contribution in [1.82, 2.24) is 5.32 Å². The monoisotopic (exact) mass is 394 g/mol. The minimum Gasteiger partial charge on any atom is -0.496 e. The predicted molar refractivity (Wildman–Crippen MR) is 104 cm³/mol.